The van der Waals surface area contributed by atoms with Crippen molar-refractivity contribution in [2.24, 2.45) is 22.7 Å². The van der Waals surface area contributed by atoms with E-state index in [0.717, 1.165) is 25.9 Å². The number of esters is 1. The van der Waals surface area contributed by atoms with E-state index in [1.54, 1.807) is 0 Å². The third-order valence-corrected chi connectivity index (χ3v) is 7.99. The van der Waals surface area contributed by atoms with E-state index in [4.69, 9.17) is 9.47 Å². The van der Waals surface area contributed by atoms with Crippen LogP contribution in [0.1, 0.15) is 46.0 Å². The summed E-state index contributed by atoms with van der Waals surface area (Å²) >= 11 is 4.74. The Morgan fingerprint density at radius 3 is 2.41 bits per heavy atom. The van der Waals surface area contributed by atoms with Crippen LogP contribution in [-0.4, -0.2) is 58.9 Å². The van der Waals surface area contributed by atoms with E-state index in [9.17, 15) is 20.1 Å². The van der Waals surface area contributed by atoms with Crippen LogP contribution in [0.5, 0.6) is 0 Å². The van der Waals surface area contributed by atoms with Crippen molar-refractivity contribution >= 4 is 45.9 Å². The number of hydrogen-bond acceptors (Lipinski definition) is 6. The minimum absolute atomic E-state index is 0.0267. The van der Waals surface area contributed by atoms with Gasteiger partial charge in [-0.2, -0.15) is 0 Å². The van der Waals surface area contributed by atoms with Gasteiger partial charge in [0.05, 0.1) is 30.5 Å². The molecule has 0 aromatic rings. The summed E-state index contributed by atoms with van der Waals surface area (Å²) in [6.07, 6.45) is 4.53. The molecule has 4 rings (SSSR count). The van der Waals surface area contributed by atoms with Gasteiger partial charge in [-0.05, 0) is 49.4 Å². The standard InChI is InChI=1S/C20H30O6.2HI.V/c1-18-7-6-16(23)19(2,10-21)14(18)5-8-20(11-26-20)15(18)4-3-12-13(22)9-25-17(12)24;;;/h3,13-16,21-23H,4-11H2,1-2H3;2*1H;/q;;;+2/p-2/b12-3+;;;/t13-,14?,15?,16-,18+,19+,20?;;;/m1.../s1. The third kappa shape index (κ3) is 4.47. The molecule has 29 heavy (non-hydrogen) atoms. The molecule has 0 radical (unpaired) electrons. The summed E-state index contributed by atoms with van der Waals surface area (Å²) < 4.78 is 10.9. The maximum absolute atomic E-state index is 11.8. The molecule has 2 saturated heterocycles. The molecule has 4 aliphatic rings. The van der Waals surface area contributed by atoms with Crippen LogP contribution in [-0.2, 0) is 23.7 Å². The number of aliphatic hydroxyl groups is 3. The Bertz CT molecular complexity index is 657. The van der Waals surface area contributed by atoms with Crippen LogP contribution >= 0.6 is 40.0 Å². The van der Waals surface area contributed by atoms with Crippen LogP contribution in [0.3, 0.4) is 0 Å². The first-order valence-electron chi connectivity index (χ1n) is 10.1. The van der Waals surface area contributed by atoms with Crippen LogP contribution in [0.15, 0.2) is 11.6 Å². The first kappa shape index (κ1) is 24.7. The van der Waals surface area contributed by atoms with Crippen LogP contribution < -0.4 is 0 Å². The second-order valence-corrected chi connectivity index (χ2v) is 21.1. The van der Waals surface area contributed by atoms with Crippen LogP contribution in [0.2, 0.25) is 0 Å². The van der Waals surface area contributed by atoms with Crippen molar-refractivity contribution < 1.29 is 39.1 Å². The van der Waals surface area contributed by atoms with Crippen molar-refractivity contribution in [1.82, 2.24) is 0 Å². The molecule has 0 bridgehead atoms. The predicted molar refractivity (Wildman–Crippen MR) is 121 cm³/mol. The van der Waals surface area contributed by atoms with E-state index < -0.39 is 23.6 Å². The van der Waals surface area contributed by atoms with Crippen LogP contribution in [0.25, 0.3) is 0 Å². The molecule has 2 aliphatic carbocycles. The quantitative estimate of drug-likeness (QED) is 0.185. The van der Waals surface area contributed by atoms with Gasteiger partial charge in [0.2, 0.25) is 0 Å². The zero-order valence-corrected chi connectivity index (χ0v) is 22.5. The molecule has 1 spiro atoms. The summed E-state index contributed by atoms with van der Waals surface area (Å²) in [5.41, 5.74) is -0.405. The van der Waals surface area contributed by atoms with Gasteiger partial charge in [0.15, 0.2) is 0 Å². The van der Waals surface area contributed by atoms with Crippen LogP contribution in [0.4, 0.5) is 0 Å². The molecule has 2 saturated carbocycles. The van der Waals surface area contributed by atoms with Crippen molar-refractivity contribution in [2.45, 2.75) is 63.8 Å². The Hall–Kier alpha value is 1.09. The summed E-state index contributed by atoms with van der Waals surface area (Å²) in [4.78, 5) is 11.8. The van der Waals surface area contributed by atoms with E-state index in [-0.39, 0.29) is 36.1 Å². The van der Waals surface area contributed by atoms with Crippen molar-refractivity contribution in [1.29, 1.82) is 0 Å². The fraction of sp³-hybridized carbons (Fsp3) is 0.850. The van der Waals surface area contributed by atoms with Gasteiger partial charge in [-0.15, -0.1) is 0 Å². The van der Waals surface area contributed by atoms with Gasteiger partial charge in [-0.3, -0.25) is 0 Å². The van der Waals surface area contributed by atoms with E-state index in [1.165, 1.54) is 0 Å². The normalized spacial score (nSPS) is 47.3. The van der Waals surface area contributed by atoms with Gasteiger partial charge >= 0.3 is 55.4 Å². The maximum atomic E-state index is 11.8. The summed E-state index contributed by atoms with van der Waals surface area (Å²) in [5, 5.41) is 30.6. The molecule has 7 atom stereocenters. The summed E-state index contributed by atoms with van der Waals surface area (Å²) in [6.45, 7) is 4.99. The molecular weight excluding hydrogens is 641 g/mol. The molecule has 0 aromatic carbocycles. The average Bonchev–Trinajstić information content (AvgIpc) is 3.38. The van der Waals surface area contributed by atoms with E-state index >= 15 is 0 Å². The predicted octanol–water partition coefficient (Wildman–Crippen LogP) is 2.94. The third-order valence-electron chi connectivity index (χ3n) is 7.99. The topological polar surface area (TPSA) is 99.5 Å². The molecule has 165 valence electrons. The number of fused-ring (bicyclic) bond motifs is 1. The number of hydrogen-bond donors (Lipinski definition) is 3. The van der Waals surface area contributed by atoms with Gasteiger partial charge in [0.1, 0.15) is 12.7 Å². The number of rotatable bonds is 3. The van der Waals surface area contributed by atoms with E-state index in [2.05, 4.69) is 46.9 Å². The second-order valence-electron chi connectivity index (χ2n) is 9.29. The van der Waals surface area contributed by atoms with Gasteiger partial charge in [-0.25, -0.2) is 4.79 Å². The number of cyclic esters (lactones) is 1. The Morgan fingerprint density at radius 2 is 1.90 bits per heavy atom. The SMILES string of the molecule is C[C@]12CC[C@@H](O)[C@@](C)(CO)C1CCC1(CO1)C2C/C=C1/C(=O)OC[C@H]1O.[I][V][I]. The van der Waals surface area contributed by atoms with Crippen molar-refractivity contribution in [3.63, 3.8) is 0 Å². The van der Waals surface area contributed by atoms with Crippen molar-refractivity contribution in [3.05, 3.63) is 11.6 Å². The van der Waals surface area contributed by atoms with Gasteiger partial charge in [-0.1, -0.05) is 19.9 Å². The molecule has 2 aliphatic heterocycles. The van der Waals surface area contributed by atoms with Crippen molar-refractivity contribution in [2.75, 3.05) is 19.8 Å². The molecular formula is C20H30I2O6V. The number of carbonyl (C=O) groups is 1. The first-order chi connectivity index (χ1) is 13.7. The molecule has 0 amide bonds. The number of epoxide rings is 1. The molecule has 2 heterocycles. The Labute approximate surface area is 201 Å². The number of ether oxygens (including phenoxy) is 2. The average molecular weight is 671 g/mol. The number of aliphatic hydroxyl groups excluding tert-OH is 3. The Morgan fingerprint density at radius 1 is 1.24 bits per heavy atom. The summed E-state index contributed by atoms with van der Waals surface area (Å²) in [5.74, 6) is -0.0392. The molecule has 0 aromatic heterocycles. The van der Waals surface area contributed by atoms with Gasteiger partial charge < -0.3 is 24.8 Å². The van der Waals surface area contributed by atoms with Crippen molar-refractivity contribution in [3.8, 4) is 0 Å². The summed E-state index contributed by atoms with van der Waals surface area (Å²) in [6, 6.07) is 0. The van der Waals surface area contributed by atoms with Gasteiger partial charge in [0, 0.05) is 5.41 Å². The molecule has 9 heteroatoms. The second kappa shape index (κ2) is 9.53. The fourth-order valence-corrected chi connectivity index (χ4v) is 6.24. The number of halogens is 2. The monoisotopic (exact) mass is 671 g/mol. The molecule has 3 unspecified atom stereocenters. The van der Waals surface area contributed by atoms with E-state index in [1.807, 2.05) is 13.0 Å². The molecule has 6 nitrogen and oxygen atoms in total. The van der Waals surface area contributed by atoms with Crippen LogP contribution in [0, 0.1) is 22.7 Å². The fourth-order valence-electron chi connectivity index (χ4n) is 6.24. The first-order valence-corrected chi connectivity index (χ1v) is 19.1. The molecule has 3 N–H and O–H groups in total. The zero-order valence-electron chi connectivity index (χ0n) is 16.8. The minimum atomic E-state index is -0.846. The Balaban J connectivity index is 0.000000755. The van der Waals surface area contributed by atoms with Gasteiger partial charge in [0.25, 0.3) is 0 Å². The molecule has 4 fully saturated rings. The number of allylic oxidation sites excluding steroid dienone is 1. The zero-order chi connectivity index (χ0) is 21.4. The Kier molecular flexibility index (Phi) is 8.13. The number of carbonyl (C=O) groups excluding carboxylic acids is 1. The summed E-state index contributed by atoms with van der Waals surface area (Å²) in [7, 11) is 0.628. The van der Waals surface area contributed by atoms with E-state index in [0.29, 0.717) is 27.9 Å².